The number of nitrogens with zero attached hydrogens (tertiary/aromatic N) is 5. The third-order valence-corrected chi connectivity index (χ3v) is 5.07. The first kappa shape index (κ1) is 16.9. The molecule has 0 aliphatic carbocycles. The van der Waals surface area contributed by atoms with Crippen molar-refractivity contribution in [2.24, 2.45) is 0 Å². The van der Waals surface area contributed by atoms with E-state index in [0.717, 1.165) is 48.9 Å². The molecule has 0 saturated carbocycles. The van der Waals surface area contributed by atoms with Crippen LogP contribution in [0.5, 0.6) is 0 Å². The second-order valence-corrected chi connectivity index (χ2v) is 6.90. The van der Waals surface area contributed by atoms with Gasteiger partial charge < -0.3 is 9.64 Å². The zero-order chi connectivity index (χ0) is 18.8. The number of hydrogen-bond acceptors (Lipinski definition) is 5. The Balaban J connectivity index is 1.40. The topological polar surface area (TPSA) is 55.5 Å². The number of rotatable bonds is 4. The molecule has 4 heterocycles. The van der Waals surface area contributed by atoms with Gasteiger partial charge in [0, 0.05) is 49.4 Å². The van der Waals surface area contributed by atoms with Crippen molar-refractivity contribution in [2.45, 2.75) is 6.42 Å². The summed E-state index contributed by atoms with van der Waals surface area (Å²) in [5.74, 6) is 0.820. The molecule has 6 nitrogen and oxygen atoms in total. The molecule has 0 atom stereocenters. The van der Waals surface area contributed by atoms with Crippen LogP contribution in [0.1, 0.15) is 11.4 Å². The van der Waals surface area contributed by atoms with E-state index in [9.17, 15) is 0 Å². The molecule has 0 unspecified atom stereocenters. The molecule has 0 amide bonds. The number of anilines is 1. The van der Waals surface area contributed by atoms with Crippen molar-refractivity contribution in [3.05, 3.63) is 78.5 Å². The van der Waals surface area contributed by atoms with E-state index in [0.29, 0.717) is 6.42 Å². The molecule has 6 heteroatoms. The fourth-order valence-electron chi connectivity index (χ4n) is 3.61. The van der Waals surface area contributed by atoms with E-state index in [1.165, 1.54) is 11.3 Å². The molecular weight excluding hydrogens is 350 g/mol. The van der Waals surface area contributed by atoms with Crippen LogP contribution in [-0.2, 0) is 11.2 Å². The molecule has 28 heavy (non-hydrogen) atoms. The molecule has 5 rings (SSSR count). The summed E-state index contributed by atoms with van der Waals surface area (Å²) in [6.45, 7) is 3.50. The SMILES string of the molecule is c1cc(-c2ccncc2)c2nc(Cc3ccc(N4CCOCC4)cc3)nn2c1. The van der Waals surface area contributed by atoms with Gasteiger partial charge in [0.05, 0.1) is 13.2 Å². The van der Waals surface area contributed by atoms with E-state index in [-0.39, 0.29) is 0 Å². The average molecular weight is 371 g/mol. The summed E-state index contributed by atoms with van der Waals surface area (Å²) in [4.78, 5) is 11.3. The van der Waals surface area contributed by atoms with Gasteiger partial charge in [-0.05, 0) is 47.5 Å². The van der Waals surface area contributed by atoms with Crippen molar-refractivity contribution in [2.75, 3.05) is 31.2 Å². The van der Waals surface area contributed by atoms with E-state index < -0.39 is 0 Å². The van der Waals surface area contributed by atoms with Gasteiger partial charge in [0.15, 0.2) is 11.5 Å². The summed E-state index contributed by atoms with van der Waals surface area (Å²) in [6, 6.07) is 16.7. The number of pyridine rings is 2. The Morgan fingerprint density at radius 1 is 0.929 bits per heavy atom. The molecular formula is C22H21N5O. The van der Waals surface area contributed by atoms with Crippen LogP contribution in [0.3, 0.4) is 0 Å². The van der Waals surface area contributed by atoms with Crippen molar-refractivity contribution >= 4 is 11.3 Å². The molecule has 1 saturated heterocycles. The normalized spacial score (nSPS) is 14.5. The first-order valence-electron chi connectivity index (χ1n) is 9.53. The molecule has 4 aromatic rings. The van der Waals surface area contributed by atoms with Gasteiger partial charge in [-0.1, -0.05) is 12.1 Å². The number of ether oxygens (including phenoxy) is 1. The second-order valence-electron chi connectivity index (χ2n) is 6.90. The van der Waals surface area contributed by atoms with Crippen LogP contribution in [0.4, 0.5) is 5.69 Å². The molecule has 1 aromatic carbocycles. The molecule has 3 aromatic heterocycles. The number of aromatic nitrogens is 4. The minimum atomic E-state index is 0.709. The van der Waals surface area contributed by atoms with Gasteiger partial charge in [-0.25, -0.2) is 9.50 Å². The first-order valence-corrected chi connectivity index (χ1v) is 9.53. The van der Waals surface area contributed by atoms with E-state index in [1.807, 2.05) is 28.9 Å². The van der Waals surface area contributed by atoms with Gasteiger partial charge >= 0.3 is 0 Å². The Labute approximate surface area is 163 Å². The second kappa shape index (κ2) is 7.40. The Kier molecular flexibility index (Phi) is 4.47. The first-order chi connectivity index (χ1) is 13.9. The molecule has 1 aliphatic rings. The molecule has 1 aliphatic heterocycles. The van der Waals surface area contributed by atoms with Crippen LogP contribution in [0, 0.1) is 0 Å². The van der Waals surface area contributed by atoms with Gasteiger partial charge in [0.2, 0.25) is 0 Å². The Morgan fingerprint density at radius 2 is 1.71 bits per heavy atom. The maximum absolute atomic E-state index is 5.43. The monoisotopic (exact) mass is 371 g/mol. The number of hydrogen-bond donors (Lipinski definition) is 0. The Morgan fingerprint density at radius 3 is 2.50 bits per heavy atom. The van der Waals surface area contributed by atoms with Crippen LogP contribution in [-0.4, -0.2) is 45.9 Å². The van der Waals surface area contributed by atoms with Crippen molar-refractivity contribution in [3.8, 4) is 11.1 Å². The summed E-state index contributed by atoms with van der Waals surface area (Å²) in [5.41, 5.74) is 5.47. The summed E-state index contributed by atoms with van der Waals surface area (Å²) in [5, 5.41) is 4.67. The molecule has 140 valence electrons. The van der Waals surface area contributed by atoms with Gasteiger partial charge in [-0.15, -0.1) is 0 Å². The lowest BCUT2D eigenvalue weighted by Gasteiger charge is -2.28. The van der Waals surface area contributed by atoms with Gasteiger partial charge in [-0.2, -0.15) is 5.10 Å². The van der Waals surface area contributed by atoms with Gasteiger partial charge in [0.25, 0.3) is 0 Å². The fourth-order valence-corrected chi connectivity index (χ4v) is 3.61. The molecule has 0 N–H and O–H groups in total. The maximum Gasteiger partial charge on any atom is 0.163 e. The summed E-state index contributed by atoms with van der Waals surface area (Å²) < 4.78 is 7.28. The predicted molar refractivity (Wildman–Crippen MR) is 108 cm³/mol. The van der Waals surface area contributed by atoms with Gasteiger partial charge in [-0.3, -0.25) is 4.98 Å². The number of benzene rings is 1. The van der Waals surface area contributed by atoms with Crippen molar-refractivity contribution < 1.29 is 4.74 Å². The molecule has 0 bridgehead atoms. The predicted octanol–water partition coefficient (Wildman–Crippen LogP) is 3.22. The smallest absolute Gasteiger partial charge is 0.163 e. The number of fused-ring (bicyclic) bond motifs is 1. The van der Waals surface area contributed by atoms with Crippen LogP contribution < -0.4 is 4.90 Å². The van der Waals surface area contributed by atoms with E-state index in [1.54, 1.807) is 12.4 Å². The largest absolute Gasteiger partial charge is 0.378 e. The Hall–Kier alpha value is -3.25. The number of morpholine rings is 1. The van der Waals surface area contributed by atoms with Crippen LogP contribution >= 0.6 is 0 Å². The van der Waals surface area contributed by atoms with Gasteiger partial charge in [0.1, 0.15) is 0 Å². The van der Waals surface area contributed by atoms with Crippen molar-refractivity contribution in [1.82, 2.24) is 19.6 Å². The average Bonchev–Trinajstić information content (AvgIpc) is 3.18. The highest BCUT2D eigenvalue weighted by atomic mass is 16.5. The van der Waals surface area contributed by atoms with Crippen LogP contribution in [0.2, 0.25) is 0 Å². The van der Waals surface area contributed by atoms with Crippen molar-refractivity contribution in [1.29, 1.82) is 0 Å². The van der Waals surface area contributed by atoms with E-state index in [4.69, 9.17) is 9.72 Å². The standard InChI is InChI=1S/C22H21N5O/c1-2-20(18-7-9-23-10-8-18)22-24-21(25-27(22)11-1)16-17-3-5-19(6-4-17)26-12-14-28-15-13-26/h1-11H,12-16H2. The molecule has 0 spiro atoms. The van der Waals surface area contributed by atoms with E-state index >= 15 is 0 Å². The van der Waals surface area contributed by atoms with Crippen LogP contribution in [0.15, 0.2) is 67.1 Å². The highest BCUT2D eigenvalue weighted by Gasteiger charge is 2.12. The van der Waals surface area contributed by atoms with Crippen molar-refractivity contribution in [3.63, 3.8) is 0 Å². The summed E-state index contributed by atoms with van der Waals surface area (Å²) in [7, 11) is 0. The molecule has 1 fully saturated rings. The zero-order valence-corrected chi connectivity index (χ0v) is 15.5. The quantitative estimate of drug-likeness (QED) is 0.551. The lowest BCUT2D eigenvalue weighted by molar-refractivity contribution is 0.122. The highest BCUT2D eigenvalue weighted by Crippen LogP contribution is 2.23. The lowest BCUT2D eigenvalue weighted by atomic mass is 10.1. The summed E-state index contributed by atoms with van der Waals surface area (Å²) in [6.07, 6.45) is 6.25. The minimum absolute atomic E-state index is 0.709. The fraction of sp³-hybridized carbons (Fsp3) is 0.227. The maximum atomic E-state index is 5.43. The third-order valence-electron chi connectivity index (χ3n) is 5.07. The van der Waals surface area contributed by atoms with Crippen LogP contribution in [0.25, 0.3) is 16.8 Å². The highest BCUT2D eigenvalue weighted by molar-refractivity contribution is 5.76. The minimum Gasteiger partial charge on any atom is -0.378 e. The summed E-state index contributed by atoms with van der Waals surface area (Å²) >= 11 is 0. The zero-order valence-electron chi connectivity index (χ0n) is 15.5. The lowest BCUT2D eigenvalue weighted by Crippen LogP contribution is -2.36. The van der Waals surface area contributed by atoms with E-state index in [2.05, 4.69) is 45.3 Å². The molecule has 0 radical (unpaired) electrons. The Bertz CT molecular complexity index is 1070. The third kappa shape index (κ3) is 3.34.